The number of hydrogen-bond donors (Lipinski definition) is 1. The van der Waals surface area contributed by atoms with Crippen molar-refractivity contribution in [2.75, 3.05) is 6.54 Å². The molecule has 19 heavy (non-hydrogen) atoms. The van der Waals surface area contributed by atoms with Crippen molar-refractivity contribution in [1.29, 1.82) is 0 Å². The van der Waals surface area contributed by atoms with Crippen LogP contribution in [0.3, 0.4) is 0 Å². The smallest absolute Gasteiger partial charge is 0.131 e. The molecule has 0 fully saturated rings. The first-order valence-corrected chi connectivity index (χ1v) is 6.37. The number of benzene rings is 1. The number of nitrogens with zero attached hydrogens (tertiary/aromatic N) is 2. The molecule has 5 heteroatoms. The standard InChI is InChI=1S/C14H17F2N3/c1-3-17-13(14-18-8-9-19(14)4-2)12-10(15)6-5-7-11(12)16/h5-9,13,17H,3-4H2,1-2H3. The molecule has 3 nitrogen and oxygen atoms in total. The number of aromatic nitrogens is 2. The average Bonchev–Trinajstić information content (AvgIpc) is 2.85. The molecule has 1 aromatic heterocycles. The lowest BCUT2D eigenvalue weighted by atomic mass is 10.0. The van der Waals surface area contributed by atoms with E-state index in [2.05, 4.69) is 10.3 Å². The van der Waals surface area contributed by atoms with Gasteiger partial charge in [-0.25, -0.2) is 13.8 Å². The monoisotopic (exact) mass is 265 g/mol. The lowest BCUT2D eigenvalue weighted by Crippen LogP contribution is -2.27. The van der Waals surface area contributed by atoms with Gasteiger partial charge in [0.25, 0.3) is 0 Å². The Labute approximate surface area is 111 Å². The second-order valence-electron chi connectivity index (χ2n) is 4.20. The van der Waals surface area contributed by atoms with Crippen molar-refractivity contribution < 1.29 is 8.78 Å². The molecule has 0 spiro atoms. The van der Waals surface area contributed by atoms with E-state index in [1.54, 1.807) is 12.4 Å². The number of rotatable bonds is 5. The predicted octanol–water partition coefficient (Wildman–Crippen LogP) is 2.88. The van der Waals surface area contributed by atoms with Crippen molar-refractivity contribution in [2.24, 2.45) is 0 Å². The molecule has 1 atom stereocenters. The largest absolute Gasteiger partial charge is 0.334 e. The van der Waals surface area contributed by atoms with Crippen molar-refractivity contribution in [1.82, 2.24) is 14.9 Å². The third-order valence-electron chi connectivity index (χ3n) is 3.04. The van der Waals surface area contributed by atoms with Crippen molar-refractivity contribution >= 4 is 0 Å². The van der Waals surface area contributed by atoms with Gasteiger partial charge in [-0.1, -0.05) is 13.0 Å². The third-order valence-corrected chi connectivity index (χ3v) is 3.04. The van der Waals surface area contributed by atoms with Crippen LogP contribution < -0.4 is 5.32 Å². The summed E-state index contributed by atoms with van der Waals surface area (Å²) in [6.45, 7) is 5.15. The van der Waals surface area contributed by atoms with Crippen LogP contribution in [0.5, 0.6) is 0 Å². The second kappa shape index (κ2) is 5.93. The molecule has 1 unspecified atom stereocenters. The van der Waals surface area contributed by atoms with Gasteiger partial charge in [0.15, 0.2) is 0 Å². The molecular formula is C14H17F2N3. The zero-order chi connectivity index (χ0) is 13.8. The zero-order valence-electron chi connectivity index (χ0n) is 11.0. The van der Waals surface area contributed by atoms with E-state index in [9.17, 15) is 8.78 Å². The average molecular weight is 265 g/mol. The summed E-state index contributed by atoms with van der Waals surface area (Å²) in [5.41, 5.74) is 0.0188. The van der Waals surface area contributed by atoms with Crippen LogP contribution in [0.1, 0.15) is 31.3 Å². The third kappa shape index (κ3) is 2.66. The summed E-state index contributed by atoms with van der Waals surface area (Å²) in [5.74, 6) is -0.499. The van der Waals surface area contributed by atoms with Gasteiger partial charge in [0.2, 0.25) is 0 Å². The summed E-state index contributed by atoms with van der Waals surface area (Å²) in [6, 6.07) is 3.31. The molecule has 0 aliphatic heterocycles. The maximum absolute atomic E-state index is 13.9. The van der Waals surface area contributed by atoms with Gasteiger partial charge in [-0.2, -0.15) is 0 Å². The molecule has 0 aliphatic rings. The van der Waals surface area contributed by atoms with Crippen LogP contribution in [0, 0.1) is 11.6 Å². The zero-order valence-corrected chi connectivity index (χ0v) is 11.0. The molecule has 1 heterocycles. The number of halogens is 2. The van der Waals surface area contributed by atoms with E-state index in [0.29, 0.717) is 18.9 Å². The molecule has 0 saturated heterocycles. The number of imidazole rings is 1. The Bertz CT molecular complexity index is 531. The Morgan fingerprint density at radius 2 is 1.95 bits per heavy atom. The van der Waals surface area contributed by atoms with E-state index in [1.807, 2.05) is 18.4 Å². The van der Waals surface area contributed by atoms with Crippen LogP contribution in [0.25, 0.3) is 0 Å². The number of nitrogens with one attached hydrogen (secondary N) is 1. The second-order valence-corrected chi connectivity index (χ2v) is 4.20. The Hall–Kier alpha value is -1.75. The first kappa shape index (κ1) is 13.7. The fourth-order valence-electron chi connectivity index (χ4n) is 2.16. The van der Waals surface area contributed by atoms with Crippen LogP contribution in [0.2, 0.25) is 0 Å². The minimum absolute atomic E-state index is 0.0188. The Kier molecular flexibility index (Phi) is 4.27. The van der Waals surface area contributed by atoms with Gasteiger partial charge in [-0.05, 0) is 25.6 Å². The lowest BCUT2D eigenvalue weighted by Gasteiger charge is -2.20. The summed E-state index contributed by atoms with van der Waals surface area (Å²) in [7, 11) is 0. The molecule has 2 rings (SSSR count). The van der Waals surface area contributed by atoms with E-state index in [1.165, 1.54) is 18.2 Å². The van der Waals surface area contributed by atoms with Crippen LogP contribution in [-0.4, -0.2) is 16.1 Å². The SMILES string of the molecule is CCNC(c1c(F)cccc1F)c1nccn1CC. The van der Waals surface area contributed by atoms with Crippen LogP contribution >= 0.6 is 0 Å². The maximum Gasteiger partial charge on any atom is 0.131 e. The van der Waals surface area contributed by atoms with Gasteiger partial charge < -0.3 is 9.88 Å². The van der Waals surface area contributed by atoms with Gasteiger partial charge in [0.05, 0.1) is 6.04 Å². The fraction of sp³-hybridized carbons (Fsp3) is 0.357. The van der Waals surface area contributed by atoms with E-state index in [0.717, 1.165) is 0 Å². The maximum atomic E-state index is 13.9. The topological polar surface area (TPSA) is 29.9 Å². The van der Waals surface area contributed by atoms with Gasteiger partial charge in [-0.15, -0.1) is 0 Å². The van der Waals surface area contributed by atoms with Crippen LogP contribution in [0.4, 0.5) is 8.78 Å². The van der Waals surface area contributed by atoms with Gasteiger partial charge in [0, 0.05) is 24.5 Å². The molecule has 1 aromatic carbocycles. The summed E-state index contributed by atoms with van der Waals surface area (Å²) in [5, 5.41) is 3.09. The first-order chi connectivity index (χ1) is 9.19. The highest BCUT2D eigenvalue weighted by Crippen LogP contribution is 2.26. The van der Waals surface area contributed by atoms with Gasteiger partial charge in [-0.3, -0.25) is 0 Å². The minimum atomic E-state index is -0.582. The minimum Gasteiger partial charge on any atom is -0.334 e. The normalized spacial score (nSPS) is 12.6. The number of aryl methyl sites for hydroxylation is 1. The van der Waals surface area contributed by atoms with Gasteiger partial charge >= 0.3 is 0 Å². The molecule has 0 bridgehead atoms. The van der Waals surface area contributed by atoms with Crippen LogP contribution in [0.15, 0.2) is 30.6 Å². The molecule has 1 N–H and O–H groups in total. The summed E-state index contributed by atoms with van der Waals surface area (Å²) >= 11 is 0. The van der Waals surface area contributed by atoms with Crippen LogP contribution in [-0.2, 0) is 6.54 Å². The van der Waals surface area contributed by atoms with Crippen molar-refractivity contribution in [3.05, 3.63) is 53.6 Å². The molecule has 0 saturated carbocycles. The highest BCUT2D eigenvalue weighted by atomic mass is 19.1. The summed E-state index contributed by atoms with van der Waals surface area (Å²) in [6.07, 6.45) is 3.44. The highest BCUT2D eigenvalue weighted by Gasteiger charge is 2.24. The van der Waals surface area contributed by atoms with E-state index in [-0.39, 0.29) is 5.56 Å². The van der Waals surface area contributed by atoms with Crippen molar-refractivity contribution in [3.8, 4) is 0 Å². The lowest BCUT2D eigenvalue weighted by molar-refractivity contribution is 0.486. The molecule has 102 valence electrons. The Morgan fingerprint density at radius 3 is 2.53 bits per heavy atom. The first-order valence-electron chi connectivity index (χ1n) is 6.37. The molecule has 0 aliphatic carbocycles. The fourth-order valence-corrected chi connectivity index (χ4v) is 2.16. The molecular weight excluding hydrogens is 248 g/mol. The van der Waals surface area contributed by atoms with Crippen molar-refractivity contribution in [2.45, 2.75) is 26.4 Å². The molecule has 0 amide bonds. The molecule has 2 aromatic rings. The van der Waals surface area contributed by atoms with E-state index in [4.69, 9.17) is 0 Å². The van der Waals surface area contributed by atoms with Crippen molar-refractivity contribution in [3.63, 3.8) is 0 Å². The van der Waals surface area contributed by atoms with E-state index < -0.39 is 17.7 Å². The highest BCUT2D eigenvalue weighted by molar-refractivity contribution is 5.28. The summed E-state index contributed by atoms with van der Waals surface area (Å²) in [4.78, 5) is 4.23. The Balaban J connectivity index is 2.52. The Morgan fingerprint density at radius 1 is 1.26 bits per heavy atom. The predicted molar refractivity (Wildman–Crippen MR) is 69.8 cm³/mol. The van der Waals surface area contributed by atoms with Gasteiger partial charge in [0.1, 0.15) is 17.5 Å². The quantitative estimate of drug-likeness (QED) is 0.901. The van der Waals surface area contributed by atoms with E-state index >= 15 is 0 Å². The summed E-state index contributed by atoms with van der Waals surface area (Å²) < 4.78 is 29.7. The molecule has 0 radical (unpaired) electrons. The number of hydrogen-bond acceptors (Lipinski definition) is 2.